The molecule has 1 aromatic heterocycles. The zero-order valence-electron chi connectivity index (χ0n) is 39.1. The van der Waals surface area contributed by atoms with Crippen LogP contribution in [-0.2, 0) is 4.74 Å². The van der Waals surface area contributed by atoms with Crippen molar-refractivity contribution in [3.8, 4) is 23.0 Å². The Hall–Kier alpha value is -6.10. The average Bonchev–Trinajstić information content (AvgIpc) is 3.29. The first kappa shape index (κ1) is 55.0. The number of anilines is 3. The van der Waals surface area contributed by atoms with Gasteiger partial charge in [-0.2, -0.15) is 0 Å². The number of rotatable bonds is 13. The van der Waals surface area contributed by atoms with Gasteiger partial charge in [-0.15, -0.1) is 0 Å². The summed E-state index contributed by atoms with van der Waals surface area (Å²) in [5.74, 6) is 2.34. The number of hydrogen-bond acceptors (Lipinski definition) is 12. The average molecular weight is 902 g/mol. The first-order valence-corrected chi connectivity index (χ1v) is 22.2. The molecule has 16 nitrogen and oxygen atoms in total. The summed E-state index contributed by atoms with van der Waals surface area (Å²) in [6.45, 7) is 24.1. The van der Waals surface area contributed by atoms with Gasteiger partial charge in [0.05, 0.1) is 0 Å². The summed E-state index contributed by atoms with van der Waals surface area (Å²) in [5, 5.41) is 11.5. The second kappa shape index (κ2) is 30.1. The van der Waals surface area contributed by atoms with Crippen LogP contribution in [0, 0.1) is 0 Å². The Labute approximate surface area is 387 Å². The van der Waals surface area contributed by atoms with E-state index in [1.807, 2.05) is 71.0 Å². The second-order valence-corrected chi connectivity index (χ2v) is 15.6. The van der Waals surface area contributed by atoms with Crippen LogP contribution in [0.5, 0.6) is 23.0 Å². The SMILES string of the molecule is C.CC.CC(C)(C)OC(=O)N1CCN(CCOc2ccc(N)cc2)CC1.CCC.CNC(=O)c1cc(Oc2ccc(NC(=O)Nc3ccc(OCCN4CCNCC4)cc3)cc2)ccn1. The molecule has 65 heavy (non-hydrogen) atoms. The number of nitrogens with zero attached hydrogens (tertiary/aromatic N) is 4. The number of benzene rings is 3. The number of carbonyl (C=O) groups excluding carboxylic acids is 3. The highest BCUT2D eigenvalue weighted by Gasteiger charge is 2.25. The van der Waals surface area contributed by atoms with Gasteiger partial charge in [-0.1, -0.05) is 41.5 Å². The topological polar surface area (TPSA) is 185 Å². The number of urea groups is 1. The molecule has 3 heterocycles. The third-order valence-electron chi connectivity index (χ3n) is 9.12. The highest BCUT2D eigenvalue weighted by atomic mass is 16.6. The summed E-state index contributed by atoms with van der Waals surface area (Å²) in [6, 6.07) is 24.4. The van der Waals surface area contributed by atoms with Crippen molar-refractivity contribution in [3.63, 3.8) is 0 Å². The first-order chi connectivity index (χ1) is 30.8. The molecule has 358 valence electrons. The second-order valence-electron chi connectivity index (χ2n) is 15.6. The van der Waals surface area contributed by atoms with Crippen LogP contribution in [0.15, 0.2) is 91.1 Å². The number of amides is 4. The van der Waals surface area contributed by atoms with Crippen LogP contribution < -0.4 is 41.2 Å². The number of nitrogens with two attached hydrogens (primary N) is 1. The van der Waals surface area contributed by atoms with E-state index in [2.05, 4.69) is 49.9 Å². The molecule has 4 aromatic rings. The van der Waals surface area contributed by atoms with E-state index in [0.717, 1.165) is 69.5 Å². The van der Waals surface area contributed by atoms with Gasteiger partial charge in [-0.3, -0.25) is 19.6 Å². The van der Waals surface area contributed by atoms with Crippen molar-refractivity contribution in [1.29, 1.82) is 0 Å². The van der Waals surface area contributed by atoms with Crippen LogP contribution in [0.4, 0.5) is 26.7 Å². The number of aromatic nitrogens is 1. The number of carbonyl (C=O) groups is 3. The molecule has 6 N–H and O–H groups in total. The Morgan fingerprint density at radius 2 is 1.18 bits per heavy atom. The van der Waals surface area contributed by atoms with Crippen molar-refractivity contribution >= 4 is 35.1 Å². The van der Waals surface area contributed by atoms with Gasteiger partial charge in [0.25, 0.3) is 5.91 Å². The Morgan fingerprint density at radius 1 is 0.708 bits per heavy atom. The van der Waals surface area contributed by atoms with Gasteiger partial charge in [-0.05, 0) is 99.6 Å². The Morgan fingerprint density at radius 3 is 1.68 bits per heavy atom. The minimum Gasteiger partial charge on any atom is -0.492 e. The fraction of sp³-hybridized carbons (Fsp3) is 0.469. The molecule has 0 unspecified atom stereocenters. The van der Waals surface area contributed by atoms with Crippen molar-refractivity contribution in [1.82, 2.24) is 30.3 Å². The minimum absolute atomic E-state index is 0. The molecule has 2 fully saturated rings. The van der Waals surface area contributed by atoms with Crippen molar-refractivity contribution in [3.05, 3.63) is 96.8 Å². The Kier molecular flexibility index (Phi) is 25.5. The van der Waals surface area contributed by atoms with Gasteiger partial charge in [0, 0.05) is 102 Å². The van der Waals surface area contributed by atoms with E-state index in [9.17, 15) is 14.4 Å². The predicted molar refractivity (Wildman–Crippen MR) is 263 cm³/mol. The number of nitrogen functional groups attached to an aromatic ring is 1. The largest absolute Gasteiger partial charge is 0.492 e. The van der Waals surface area contributed by atoms with Gasteiger partial charge < -0.3 is 50.8 Å². The standard InChI is InChI=1S/C26H30N6O4.C17H27N3O3.C3H8.C2H6.CH4/c1-27-25(33)24-18-23(10-11-29-24)36-22-8-4-20(5-9-22)31-26(34)30-19-2-6-21(7-3-19)35-17-16-32-14-12-28-13-15-32;1-17(2,3)23-16(21)20-10-8-19(9-11-20)12-13-22-15-6-4-14(18)5-7-15;1-3-2;1-2;/h2-11,18,28H,12-17H2,1H3,(H,27,33)(H2,30,31,34);4-7H,8-13,18H2,1-3H3;3H2,1-2H3;1-2H3;1H4. The zero-order valence-corrected chi connectivity index (χ0v) is 39.1. The van der Waals surface area contributed by atoms with E-state index >= 15 is 0 Å². The monoisotopic (exact) mass is 902 g/mol. The van der Waals surface area contributed by atoms with Crippen molar-refractivity contribution in [2.24, 2.45) is 0 Å². The van der Waals surface area contributed by atoms with E-state index in [-0.39, 0.29) is 31.2 Å². The van der Waals surface area contributed by atoms with Crippen LogP contribution in [0.25, 0.3) is 0 Å². The lowest BCUT2D eigenvalue weighted by Gasteiger charge is -2.35. The van der Waals surface area contributed by atoms with Gasteiger partial charge in [0.2, 0.25) is 0 Å². The maximum Gasteiger partial charge on any atom is 0.410 e. The molecule has 2 saturated heterocycles. The van der Waals surface area contributed by atoms with E-state index < -0.39 is 5.60 Å². The molecule has 0 saturated carbocycles. The number of piperazine rings is 2. The van der Waals surface area contributed by atoms with Crippen molar-refractivity contribution in [2.75, 3.05) is 102 Å². The van der Waals surface area contributed by atoms with E-state index in [1.165, 1.54) is 12.6 Å². The third-order valence-corrected chi connectivity index (χ3v) is 9.12. The molecule has 0 spiro atoms. The van der Waals surface area contributed by atoms with E-state index in [1.54, 1.807) is 60.5 Å². The van der Waals surface area contributed by atoms with E-state index in [4.69, 9.17) is 24.7 Å². The van der Waals surface area contributed by atoms with E-state index in [0.29, 0.717) is 49.2 Å². The third kappa shape index (κ3) is 21.9. The van der Waals surface area contributed by atoms with Gasteiger partial charge in [0.1, 0.15) is 47.5 Å². The Bertz CT molecular complexity index is 1930. The van der Waals surface area contributed by atoms with Crippen LogP contribution in [0.3, 0.4) is 0 Å². The van der Waals surface area contributed by atoms with Crippen LogP contribution in [0.2, 0.25) is 0 Å². The van der Waals surface area contributed by atoms with Crippen LogP contribution in [0.1, 0.15) is 72.8 Å². The summed E-state index contributed by atoms with van der Waals surface area (Å²) in [4.78, 5) is 46.5. The maximum absolute atomic E-state index is 12.4. The normalized spacial score (nSPS) is 13.6. The molecule has 16 heteroatoms. The molecule has 3 aromatic carbocycles. The number of hydrogen-bond donors (Lipinski definition) is 5. The maximum atomic E-state index is 12.4. The fourth-order valence-corrected chi connectivity index (χ4v) is 5.96. The molecular formula is C49H75N9O7. The quantitative estimate of drug-likeness (QED) is 0.0809. The summed E-state index contributed by atoms with van der Waals surface area (Å²) in [7, 11) is 1.54. The molecule has 0 atom stereocenters. The van der Waals surface area contributed by atoms with Crippen molar-refractivity contribution in [2.45, 2.75) is 67.9 Å². The summed E-state index contributed by atoms with van der Waals surface area (Å²) in [5.41, 5.74) is 7.46. The summed E-state index contributed by atoms with van der Waals surface area (Å²) < 4.78 is 22.7. The lowest BCUT2D eigenvalue weighted by atomic mass is 10.2. The minimum atomic E-state index is -0.443. The zero-order chi connectivity index (χ0) is 46.7. The molecule has 4 amide bonds. The lowest BCUT2D eigenvalue weighted by molar-refractivity contribution is 0.0137. The molecule has 0 aliphatic carbocycles. The lowest BCUT2D eigenvalue weighted by Crippen LogP contribution is -2.50. The molecule has 0 bridgehead atoms. The van der Waals surface area contributed by atoms with Crippen LogP contribution >= 0.6 is 0 Å². The van der Waals surface area contributed by atoms with Crippen LogP contribution in [-0.4, -0.2) is 129 Å². The number of pyridine rings is 1. The molecular weight excluding hydrogens is 827 g/mol. The highest BCUT2D eigenvalue weighted by Crippen LogP contribution is 2.24. The smallest absolute Gasteiger partial charge is 0.410 e. The molecule has 6 rings (SSSR count). The predicted octanol–water partition coefficient (Wildman–Crippen LogP) is 8.44. The molecule has 2 aliphatic rings. The van der Waals surface area contributed by atoms with Gasteiger partial charge >= 0.3 is 12.1 Å². The number of nitrogens with one attached hydrogen (secondary N) is 4. The summed E-state index contributed by atoms with van der Waals surface area (Å²) >= 11 is 0. The highest BCUT2D eigenvalue weighted by molar-refractivity contribution is 5.99. The first-order valence-electron chi connectivity index (χ1n) is 22.2. The van der Waals surface area contributed by atoms with Crippen molar-refractivity contribution < 1.29 is 33.3 Å². The fourth-order valence-electron chi connectivity index (χ4n) is 5.96. The Balaban J connectivity index is 0.000000432. The molecule has 0 radical (unpaired) electrons. The molecule has 2 aliphatic heterocycles. The number of ether oxygens (including phenoxy) is 4. The summed E-state index contributed by atoms with van der Waals surface area (Å²) in [6.07, 6.45) is 2.53. The van der Waals surface area contributed by atoms with Gasteiger partial charge in [0.15, 0.2) is 0 Å². The van der Waals surface area contributed by atoms with Gasteiger partial charge in [-0.25, -0.2) is 9.59 Å².